The molecule has 0 aliphatic rings. The number of carbonyl (C=O) groups is 2. The smallest absolute Gasteiger partial charge is 0.416 e. The fourth-order valence-electron chi connectivity index (χ4n) is 3.55. The van der Waals surface area contributed by atoms with Gasteiger partial charge in [0, 0.05) is 11.1 Å². The standard InChI is InChI=1S/C22H21F3N4O3/c1-11-6-12(2)8-15(7-11)29-17-9-14(22(23,24)25)4-5-16(17)20(21(29)32)13(3)27-28-19(31)10-18(26)30/h4-9,32H,10H2,1-3H3,(H2,26,30)(H,28,31). The third-order valence-corrected chi connectivity index (χ3v) is 4.78. The van der Waals surface area contributed by atoms with E-state index in [0.29, 0.717) is 11.1 Å². The molecule has 0 spiro atoms. The fourth-order valence-corrected chi connectivity index (χ4v) is 3.55. The Morgan fingerprint density at radius 1 is 1.12 bits per heavy atom. The number of fused-ring (bicyclic) bond motifs is 1. The van der Waals surface area contributed by atoms with Gasteiger partial charge in [0.25, 0.3) is 0 Å². The van der Waals surface area contributed by atoms with Gasteiger partial charge in [0.05, 0.1) is 22.4 Å². The Hall–Kier alpha value is -3.82. The highest BCUT2D eigenvalue weighted by Crippen LogP contribution is 2.39. The third kappa shape index (κ3) is 4.58. The molecule has 0 saturated carbocycles. The lowest BCUT2D eigenvalue weighted by atomic mass is 10.1. The van der Waals surface area contributed by atoms with Crippen LogP contribution in [0.4, 0.5) is 13.2 Å². The average Bonchev–Trinajstić information content (AvgIpc) is 2.95. The summed E-state index contributed by atoms with van der Waals surface area (Å²) in [7, 11) is 0. The van der Waals surface area contributed by atoms with Gasteiger partial charge in [0.15, 0.2) is 0 Å². The largest absolute Gasteiger partial charge is 0.494 e. The van der Waals surface area contributed by atoms with E-state index in [9.17, 15) is 27.9 Å². The molecule has 3 aromatic rings. The van der Waals surface area contributed by atoms with E-state index in [4.69, 9.17) is 5.73 Å². The molecule has 7 nitrogen and oxygen atoms in total. The minimum atomic E-state index is -4.58. The Kier molecular flexibility index (Phi) is 5.98. The van der Waals surface area contributed by atoms with Gasteiger partial charge in [-0.1, -0.05) is 12.1 Å². The SMILES string of the molecule is CC(=NNC(=O)CC(N)=O)c1c(O)n(-c2cc(C)cc(C)c2)c2cc(C(F)(F)F)ccc12. The van der Waals surface area contributed by atoms with Crippen LogP contribution in [-0.2, 0) is 15.8 Å². The van der Waals surface area contributed by atoms with Crippen LogP contribution in [0, 0.1) is 13.8 Å². The van der Waals surface area contributed by atoms with Crippen LogP contribution in [0.25, 0.3) is 16.6 Å². The number of hydrazone groups is 1. The van der Waals surface area contributed by atoms with E-state index in [1.165, 1.54) is 17.6 Å². The summed E-state index contributed by atoms with van der Waals surface area (Å²) in [5.74, 6) is -1.94. The summed E-state index contributed by atoms with van der Waals surface area (Å²) in [6.07, 6.45) is -5.16. The average molecular weight is 446 g/mol. The second kappa shape index (κ2) is 8.37. The first kappa shape index (κ1) is 22.9. The van der Waals surface area contributed by atoms with Gasteiger partial charge in [0.2, 0.25) is 17.7 Å². The maximum Gasteiger partial charge on any atom is 0.416 e. The van der Waals surface area contributed by atoms with Crippen LogP contribution in [0.3, 0.4) is 0 Å². The van der Waals surface area contributed by atoms with Gasteiger partial charge in [-0.05, 0) is 56.2 Å². The molecule has 0 saturated heterocycles. The van der Waals surface area contributed by atoms with Gasteiger partial charge in [-0.25, -0.2) is 5.43 Å². The van der Waals surface area contributed by atoms with Crippen LogP contribution < -0.4 is 11.2 Å². The summed E-state index contributed by atoms with van der Waals surface area (Å²) in [6.45, 7) is 5.15. The number of alkyl halides is 3. The van der Waals surface area contributed by atoms with Crippen molar-refractivity contribution in [3.63, 3.8) is 0 Å². The number of carbonyl (C=O) groups excluding carboxylic acids is 2. The predicted molar refractivity (Wildman–Crippen MR) is 114 cm³/mol. The van der Waals surface area contributed by atoms with Crippen LogP contribution in [0.1, 0.15) is 35.6 Å². The number of hydrogen-bond donors (Lipinski definition) is 3. The van der Waals surface area contributed by atoms with Crippen molar-refractivity contribution < 1.29 is 27.9 Å². The molecule has 32 heavy (non-hydrogen) atoms. The number of hydrogen-bond acceptors (Lipinski definition) is 4. The molecule has 0 radical (unpaired) electrons. The zero-order valence-electron chi connectivity index (χ0n) is 17.5. The van der Waals surface area contributed by atoms with E-state index >= 15 is 0 Å². The maximum absolute atomic E-state index is 13.4. The molecule has 1 aromatic heterocycles. The number of rotatable bonds is 5. The highest BCUT2D eigenvalue weighted by atomic mass is 19.4. The van der Waals surface area contributed by atoms with E-state index in [2.05, 4.69) is 10.5 Å². The van der Waals surface area contributed by atoms with Crippen molar-refractivity contribution in [1.29, 1.82) is 0 Å². The van der Waals surface area contributed by atoms with Gasteiger partial charge in [-0.15, -0.1) is 0 Å². The topological polar surface area (TPSA) is 110 Å². The molecule has 3 rings (SSSR count). The Labute approximate surface area is 181 Å². The summed E-state index contributed by atoms with van der Waals surface area (Å²) in [4.78, 5) is 22.5. The number of benzene rings is 2. The van der Waals surface area contributed by atoms with Crippen LogP contribution in [0.15, 0.2) is 41.5 Å². The lowest BCUT2D eigenvalue weighted by Gasteiger charge is -2.11. The molecule has 4 N–H and O–H groups in total. The normalized spacial score (nSPS) is 12.2. The zero-order valence-corrected chi connectivity index (χ0v) is 17.5. The highest BCUT2D eigenvalue weighted by Gasteiger charge is 2.32. The van der Waals surface area contributed by atoms with Crippen molar-refractivity contribution in [1.82, 2.24) is 9.99 Å². The molecule has 10 heteroatoms. The molecule has 2 amide bonds. The Balaban J connectivity index is 2.25. The van der Waals surface area contributed by atoms with Crippen LogP contribution in [0.5, 0.6) is 5.88 Å². The molecule has 168 valence electrons. The quantitative estimate of drug-likeness (QED) is 0.316. The second-order valence-electron chi connectivity index (χ2n) is 7.48. The minimum absolute atomic E-state index is 0.121. The van der Waals surface area contributed by atoms with Crippen LogP contribution in [-0.4, -0.2) is 27.2 Å². The van der Waals surface area contributed by atoms with Gasteiger partial charge < -0.3 is 10.8 Å². The molecule has 1 heterocycles. The molecule has 0 aliphatic heterocycles. The molecular formula is C22H21F3N4O3. The monoisotopic (exact) mass is 446 g/mol. The number of aryl methyl sites for hydroxylation is 2. The molecular weight excluding hydrogens is 425 g/mol. The van der Waals surface area contributed by atoms with Crippen molar-refractivity contribution in [2.24, 2.45) is 10.8 Å². The van der Waals surface area contributed by atoms with E-state index in [1.807, 2.05) is 19.9 Å². The number of nitrogens with zero attached hydrogens (tertiary/aromatic N) is 2. The summed E-state index contributed by atoms with van der Waals surface area (Å²) in [5.41, 5.74) is 8.84. The first-order chi connectivity index (χ1) is 14.9. The van der Waals surface area contributed by atoms with Gasteiger partial charge in [0.1, 0.15) is 6.42 Å². The highest BCUT2D eigenvalue weighted by molar-refractivity contribution is 6.13. The maximum atomic E-state index is 13.4. The van der Waals surface area contributed by atoms with Crippen molar-refractivity contribution in [2.45, 2.75) is 33.4 Å². The number of nitrogens with two attached hydrogens (primary N) is 1. The lowest BCUT2D eigenvalue weighted by molar-refractivity contribution is -0.137. The zero-order chi connectivity index (χ0) is 23.8. The van der Waals surface area contributed by atoms with Crippen molar-refractivity contribution in [3.05, 3.63) is 58.7 Å². The summed E-state index contributed by atoms with van der Waals surface area (Å²) >= 11 is 0. The molecule has 0 unspecified atom stereocenters. The molecule has 0 fully saturated rings. The Bertz CT molecular complexity index is 1240. The van der Waals surface area contributed by atoms with Crippen molar-refractivity contribution >= 4 is 28.4 Å². The van der Waals surface area contributed by atoms with Gasteiger partial charge in [-0.3, -0.25) is 14.2 Å². The third-order valence-electron chi connectivity index (χ3n) is 4.78. The number of amides is 2. The Morgan fingerprint density at radius 3 is 2.31 bits per heavy atom. The van der Waals surface area contributed by atoms with Crippen LogP contribution >= 0.6 is 0 Å². The summed E-state index contributed by atoms with van der Waals surface area (Å²) < 4.78 is 41.4. The van der Waals surface area contributed by atoms with Crippen LogP contribution in [0.2, 0.25) is 0 Å². The number of primary amides is 1. The molecule has 0 aliphatic carbocycles. The molecule has 2 aromatic carbocycles. The predicted octanol–water partition coefficient (Wildman–Crippen LogP) is 3.69. The van der Waals surface area contributed by atoms with E-state index in [1.54, 1.807) is 12.1 Å². The molecule has 0 atom stereocenters. The first-order valence-corrected chi connectivity index (χ1v) is 9.53. The van der Waals surface area contributed by atoms with Gasteiger partial charge >= 0.3 is 6.18 Å². The lowest BCUT2D eigenvalue weighted by Crippen LogP contribution is -2.25. The van der Waals surface area contributed by atoms with Crippen molar-refractivity contribution in [3.8, 4) is 11.6 Å². The minimum Gasteiger partial charge on any atom is -0.494 e. The molecule has 0 bridgehead atoms. The van der Waals surface area contributed by atoms with E-state index < -0.39 is 30.0 Å². The number of aromatic nitrogens is 1. The number of halogens is 3. The first-order valence-electron chi connectivity index (χ1n) is 9.53. The Morgan fingerprint density at radius 2 is 1.75 bits per heavy atom. The second-order valence-corrected chi connectivity index (χ2v) is 7.48. The van der Waals surface area contributed by atoms with E-state index in [0.717, 1.165) is 23.3 Å². The fraction of sp³-hybridized carbons (Fsp3) is 0.227. The van der Waals surface area contributed by atoms with E-state index in [-0.39, 0.29) is 22.7 Å². The van der Waals surface area contributed by atoms with Gasteiger partial charge in [-0.2, -0.15) is 18.3 Å². The summed E-state index contributed by atoms with van der Waals surface area (Å²) in [5, 5.41) is 15.2. The summed E-state index contributed by atoms with van der Waals surface area (Å²) in [6, 6.07) is 8.48. The number of aromatic hydroxyl groups is 1. The number of nitrogens with one attached hydrogen (secondary N) is 1. The van der Waals surface area contributed by atoms with Crippen molar-refractivity contribution in [2.75, 3.05) is 0 Å².